The van der Waals surface area contributed by atoms with E-state index >= 15 is 0 Å². The lowest BCUT2D eigenvalue weighted by Crippen LogP contribution is -2.22. The summed E-state index contributed by atoms with van der Waals surface area (Å²) in [5.41, 5.74) is 1.19. The van der Waals surface area contributed by atoms with E-state index < -0.39 is 11.6 Å². The smallest absolute Gasteiger partial charge is 0.225 e. The number of likely N-dealkylation sites (N-methyl/N-ethyl adjacent to an activating group) is 1. The van der Waals surface area contributed by atoms with Gasteiger partial charge in [0, 0.05) is 32.8 Å². The molecule has 0 aliphatic carbocycles. The van der Waals surface area contributed by atoms with Gasteiger partial charge in [0.05, 0.1) is 6.61 Å². The Labute approximate surface area is 152 Å². The molecule has 0 unspecified atom stereocenters. The quantitative estimate of drug-likeness (QED) is 0.744. The summed E-state index contributed by atoms with van der Waals surface area (Å²) < 4.78 is 31.8. The lowest BCUT2D eigenvalue weighted by molar-refractivity contribution is -0.116. The maximum atomic E-state index is 13.6. The number of hydrogen-bond acceptors (Lipinski definition) is 4. The molecule has 0 saturated carbocycles. The molecule has 0 spiro atoms. The zero-order chi connectivity index (χ0) is 18.9. The molecule has 26 heavy (non-hydrogen) atoms. The van der Waals surface area contributed by atoms with Gasteiger partial charge in [0.2, 0.25) is 5.91 Å². The van der Waals surface area contributed by atoms with Gasteiger partial charge in [-0.15, -0.1) is 0 Å². The highest BCUT2D eigenvalue weighted by Gasteiger charge is 2.09. The van der Waals surface area contributed by atoms with Crippen molar-refractivity contribution in [3.8, 4) is 0 Å². The molecule has 7 heteroatoms. The van der Waals surface area contributed by atoms with Crippen molar-refractivity contribution in [1.82, 2.24) is 9.88 Å². The van der Waals surface area contributed by atoms with E-state index in [-0.39, 0.29) is 24.3 Å². The largest absolute Gasteiger partial charge is 0.383 e. The molecule has 1 heterocycles. The van der Waals surface area contributed by atoms with Crippen LogP contribution in [0.15, 0.2) is 36.5 Å². The molecule has 2 rings (SSSR count). The average molecular weight is 363 g/mol. The summed E-state index contributed by atoms with van der Waals surface area (Å²) in [6.07, 6.45) is 1.79. The molecular weight excluding hydrogens is 340 g/mol. The van der Waals surface area contributed by atoms with E-state index in [1.807, 2.05) is 13.1 Å². The summed E-state index contributed by atoms with van der Waals surface area (Å²) in [5.74, 6) is -0.898. The van der Waals surface area contributed by atoms with Gasteiger partial charge in [-0.25, -0.2) is 13.8 Å². The molecule has 1 aromatic heterocycles. The minimum absolute atomic E-state index is 0.0417. The van der Waals surface area contributed by atoms with Gasteiger partial charge in [-0.3, -0.25) is 9.69 Å². The lowest BCUT2D eigenvalue weighted by atomic mass is 10.1. The first-order valence-corrected chi connectivity index (χ1v) is 8.34. The average Bonchev–Trinajstić information content (AvgIpc) is 2.61. The van der Waals surface area contributed by atoms with E-state index in [1.54, 1.807) is 19.4 Å². The third kappa shape index (κ3) is 6.50. The van der Waals surface area contributed by atoms with Crippen molar-refractivity contribution in [3.05, 3.63) is 59.3 Å². The van der Waals surface area contributed by atoms with Gasteiger partial charge < -0.3 is 10.1 Å². The zero-order valence-corrected chi connectivity index (χ0v) is 15.0. The number of hydrogen-bond donors (Lipinski definition) is 1. The number of carbonyl (C=O) groups is 1. The van der Waals surface area contributed by atoms with Crippen molar-refractivity contribution in [2.75, 3.05) is 32.6 Å². The molecule has 0 aliphatic rings. The Morgan fingerprint density at radius 3 is 2.85 bits per heavy atom. The van der Waals surface area contributed by atoms with Gasteiger partial charge in [-0.05, 0) is 54.9 Å². The van der Waals surface area contributed by atoms with Crippen LogP contribution in [0.5, 0.6) is 0 Å². The second-order valence-electron chi connectivity index (χ2n) is 6.06. The van der Waals surface area contributed by atoms with Crippen molar-refractivity contribution < 1.29 is 18.3 Å². The number of rotatable bonds is 9. The normalized spacial score (nSPS) is 11.0. The highest BCUT2D eigenvalue weighted by atomic mass is 19.1. The van der Waals surface area contributed by atoms with Gasteiger partial charge in [-0.2, -0.15) is 0 Å². The molecule has 0 bridgehead atoms. The van der Waals surface area contributed by atoms with E-state index in [9.17, 15) is 13.6 Å². The van der Waals surface area contributed by atoms with Crippen molar-refractivity contribution in [2.45, 2.75) is 19.4 Å². The number of ether oxygens (including phenoxy) is 1. The van der Waals surface area contributed by atoms with Crippen molar-refractivity contribution in [2.24, 2.45) is 0 Å². The van der Waals surface area contributed by atoms with Crippen LogP contribution in [0.25, 0.3) is 0 Å². The first-order valence-electron chi connectivity index (χ1n) is 8.34. The van der Waals surface area contributed by atoms with Crippen LogP contribution in [-0.4, -0.2) is 43.1 Å². The maximum Gasteiger partial charge on any atom is 0.225 e. The van der Waals surface area contributed by atoms with Gasteiger partial charge in [0.15, 0.2) is 0 Å². The van der Waals surface area contributed by atoms with Crippen LogP contribution in [0.3, 0.4) is 0 Å². The number of pyridine rings is 1. The van der Waals surface area contributed by atoms with Gasteiger partial charge in [0.1, 0.15) is 17.5 Å². The lowest BCUT2D eigenvalue weighted by Gasteiger charge is -2.16. The molecule has 5 nitrogen and oxygen atoms in total. The molecular formula is C19H23F2N3O2. The molecule has 0 radical (unpaired) electrons. The van der Waals surface area contributed by atoms with Crippen molar-refractivity contribution >= 4 is 11.7 Å². The number of benzene rings is 1. The van der Waals surface area contributed by atoms with E-state index in [0.29, 0.717) is 19.0 Å². The molecule has 0 saturated heterocycles. The number of halogens is 2. The maximum absolute atomic E-state index is 13.6. The number of nitrogens with zero attached hydrogens (tertiary/aromatic N) is 2. The molecule has 1 amide bonds. The van der Waals surface area contributed by atoms with E-state index in [1.165, 1.54) is 0 Å². The molecule has 140 valence electrons. The van der Waals surface area contributed by atoms with Crippen LogP contribution >= 0.6 is 0 Å². The summed E-state index contributed by atoms with van der Waals surface area (Å²) in [5, 5.41) is 2.69. The van der Waals surface area contributed by atoms with Crippen LogP contribution in [0.2, 0.25) is 0 Å². The highest BCUT2D eigenvalue weighted by molar-refractivity contribution is 5.89. The number of nitrogens with one attached hydrogen (secondary N) is 1. The minimum Gasteiger partial charge on any atom is -0.383 e. The van der Waals surface area contributed by atoms with Gasteiger partial charge in [-0.1, -0.05) is 0 Å². The van der Waals surface area contributed by atoms with E-state index in [4.69, 9.17) is 4.74 Å². The zero-order valence-electron chi connectivity index (χ0n) is 15.0. The van der Waals surface area contributed by atoms with Gasteiger partial charge in [0.25, 0.3) is 0 Å². The number of amides is 1. The summed E-state index contributed by atoms with van der Waals surface area (Å²) in [6.45, 7) is 2.13. The SMILES string of the molecule is COCCN(C)Cc1ccnc(NC(=O)CCc2cc(F)ccc2F)c1. The highest BCUT2D eigenvalue weighted by Crippen LogP contribution is 2.13. The van der Waals surface area contributed by atoms with Crippen LogP contribution in [-0.2, 0) is 22.5 Å². The molecule has 0 fully saturated rings. The third-order valence-corrected chi connectivity index (χ3v) is 3.85. The summed E-state index contributed by atoms with van der Waals surface area (Å²) in [7, 11) is 3.63. The Morgan fingerprint density at radius 1 is 1.27 bits per heavy atom. The molecule has 1 aromatic carbocycles. The predicted octanol–water partition coefficient (Wildman–Crippen LogP) is 3.01. The minimum atomic E-state index is -0.520. The van der Waals surface area contributed by atoms with Crippen LogP contribution < -0.4 is 5.32 Å². The number of aromatic nitrogens is 1. The fraction of sp³-hybridized carbons (Fsp3) is 0.368. The van der Waals surface area contributed by atoms with E-state index in [0.717, 1.165) is 30.3 Å². The number of anilines is 1. The number of methoxy groups -OCH3 is 1. The fourth-order valence-corrected chi connectivity index (χ4v) is 2.47. The monoisotopic (exact) mass is 363 g/mol. The Morgan fingerprint density at radius 2 is 2.08 bits per heavy atom. The summed E-state index contributed by atoms with van der Waals surface area (Å²) >= 11 is 0. The Balaban J connectivity index is 1.88. The predicted molar refractivity (Wildman–Crippen MR) is 95.8 cm³/mol. The van der Waals surface area contributed by atoms with Crippen molar-refractivity contribution in [1.29, 1.82) is 0 Å². The third-order valence-electron chi connectivity index (χ3n) is 3.85. The number of carbonyl (C=O) groups excluding carboxylic acids is 1. The molecule has 1 N–H and O–H groups in total. The first kappa shape index (κ1) is 19.9. The molecule has 0 aliphatic heterocycles. The van der Waals surface area contributed by atoms with E-state index in [2.05, 4.69) is 15.2 Å². The van der Waals surface area contributed by atoms with Crippen LogP contribution in [0.1, 0.15) is 17.5 Å². The van der Waals surface area contributed by atoms with Gasteiger partial charge >= 0.3 is 0 Å². The Bertz CT molecular complexity index is 740. The Kier molecular flexibility index (Phi) is 7.62. The Hall–Kier alpha value is -2.38. The number of aryl methyl sites for hydroxylation is 1. The molecule has 0 atom stereocenters. The fourth-order valence-electron chi connectivity index (χ4n) is 2.47. The first-order chi connectivity index (χ1) is 12.5. The standard InChI is InChI=1S/C19H23F2N3O2/c1-24(9-10-26-2)13-14-7-8-22-18(11-14)23-19(25)6-3-15-12-16(20)4-5-17(15)21/h4-5,7-8,11-12H,3,6,9-10,13H2,1-2H3,(H,22,23,25). The van der Waals surface area contributed by atoms with Crippen LogP contribution in [0, 0.1) is 11.6 Å². The molecule has 2 aromatic rings. The van der Waals surface area contributed by atoms with Crippen molar-refractivity contribution in [3.63, 3.8) is 0 Å². The summed E-state index contributed by atoms with van der Waals surface area (Å²) in [6, 6.07) is 6.90. The topological polar surface area (TPSA) is 54.5 Å². The summed E-state index contributed by atoms with van der Waals surface area (Å²) in [4.78, 5) is 18.3. The second-order valence-corrected chi connectivity index (χ2v) is 6.06. The van der Waals surface area contributed by atoms with Crippen LogP contribution in [0.4, 0.5) is 14.6 Å². The second kappa shape index (κ2) is 9.94.